The molecule has 0 aromatic heterocycles. The summed E-state index contributed by atoms with van der Waals surface area (Å²) >= 11 is 0. The Kier molecular flexibility index (Phi) is 3.09. The minimum absolute atomic E-state index is 0.221. The van der Waals surface area contributed by atoms with Crippen LogP contribution in [-0.2, 0) is 16.1 Å². The molecule has 0 saturated heterocycles. The molecule has 5 nitrogen and oxygen atoms in total. The lowest BCUT2D eigenvalue weighted by Crippen LogP contribution is -2.27. The van der Waals surface area contributed by atoms with Gasteiger partial charge in [0.15, 0.2) is 0 Å². The lowest BCUT2D eigenvalue weighted by Gasteiger charge is -2.15. The fourth-order valence-corrected chi connectivity index (χ4v) is 1.73. The zero-order valence-electron chi connectivity index (χ0n) is 9.09. The Balaban J connectivity index is 2.07. The van der Waals surface area contributed by atoms with Gasteiger partial charge < -0.3 is 15.3 Å². The van der Waals surface area contributed by atoms with Crippen molar-refractivity contribution in [2.45, 2.75) is 6.54 Å². The molecule has 5 heteroatoms. The third kappa shape index (κ3) is 2.28. The number of hydrogen-bond donors (Lipinski definition) is 2. The first-order valence-corrected chi connectivity index (χ1v) is 5.18. The Morgan fingerprint density at radius 1 is 1.35 bits per heavy atom. The number of aliphatic hydroxyl groups excluding tert-OH is 1. The Labute approximate surface area is 98.4 Å². The zero-order valence-corrected chi connectivity index (χ0v) is 9.09. The maximum Gasteiger partial charge on any atom is 0.291 e. The van der Waals surface area contributed by atoms with Gasteiger partial charge in [0.1, 0.15) is 0 Å². The molecule has 1 heterocycles. The first kappa shape index (κ1) is 11.2. The average molecular weight is 232 g/mol. The maximum atomic E-state index is 11.7. The van der Waals surface area contributed by atoms with E-state index in [1.165, 1.54) is 4.90 Å². The lowest BCUT2D eigenvalue weighted by molar-refractivity contribution is -0.128. The molecule has 2 amide bonds. The predicted molar refractivity (Wildman–Crippen MR) is 60.7 cm³/mol. The number of benzene rings is 1. The molecule has 1 aliphatic rings. The van der Waals surface area contributed by atoms with Gasteiger partial charge >= 0.3 is 0 Å². The van der Waals surface area contributed by atoms with Gasteiger partial charge in [0.05, 0.1) is 12.2 Å². The minimum atomic E-state index is -0.460. The van der Waals surface area contributed by atoms with Crippen molar-refractivity contribution in [3.8, 4) is 0 Å². The van der Waals surface area contributed by atoms with Crippen LogP contribution in [-0.4, -0.2) is 28.9 Å². The molecule has 0 aliphatic carbocycles. The first-order valence-electron chi connectivity index (χ1n) is 5.18. The highest BCUT2D eigenvalue weighted by atomic mass is 16.3. The smallest absolute Gasteiger partial charge is 0.291 e. The maximum absolute atomic E-state index is 11.7. The number of nitrogens with one attached hydrogen (secondary N) is 1. The summed E-state index contributed by atoms with van der Waals surface area (Å²) in [6.45, 7) is 0.631. The van der Waals surface area contributed by atoms with Gasteiger partial charge in [0.25, 0.3) is 5.91 Å². The SMILES string of the molecule is O=CNC1=C(O)C(=O)N(Cc2ccccc2)C1. The summed E-state index contributed by atoms with van der Waals surface area (Å²) in [4.78, 5) is 23.4. The Hall–Kier alpha value is -2.30. The van der Waals surface area contributed by atoms with E-state index in [9.17, 15) is 14.7 Å². The van der Waals surface area contributed by atoms with Crippen LogP contribution < -0.4 is 5.32 Å². The van der Waals surface area contributed by atoms with E-state index in [0.29, 0.717) is 13.0 Å². The summed E-state index contributed by atoms with van der Waals surface area (Å²) in [5.41, 5.74) is 1.22. The molecule has 0 unspecified atom stereocenters. The molecule has 0 radical (unpaired) electrons. The summed E-state index contributed by atoms with van der Waals surface area (Å²) < 4.78 is 0. The van der Waals surface area contributed by atoms with Gasteiger partial charge in [-0.2, -0.15) is 0 Å². The third-order valence-corrected chi connectivity index (χ3v) is 2.57. The van der Waals surface area contributed by atoms with Crippen molar-refractivity contribution in [3.63, 3.8) is 0 Å². The molecule has 17 heavy (non-hydrogen) atoms. The molecule has 1 aliphatic heterocycles. The Morgan fingerprint density at radius 2 is 2.06 bits per heavy atom. The van der Waals surface area contributed by atoms with E-state index in [-0.39, 0.29) is 18.0 Å². The van der Waals surface area contributed by atoms with E-state index in [1.54, 1.807) is 0 Å². The number of aliphatic hydroxyl groups is 1. The van der Waals surface area contributed by atoms with Crippen LogP contribution >= 0.6 is 0 Å². The van der Waals surface area contributed by atoms with Gasteiger partial charge in [-0.3, -0.25) is 9.59 Å². The van der Waals surface area contributed by atoms with Crippen LogP contribution in [0.25, 0.3) is 0 Å². The third-order valence-electron chi connectivity index (χ3n) is 2.57. The van der Waals surface area contributed by atoms with Crippen LogP contribution in [0.4, 0.5) is 0 Å². The standard InChI is InChI=1S/C12H12N2O3/c15-8-13-10-7-14(12(17)11(10)16)6-9-4-2-1-3-5-9/h1-5,8,16H,6-7H2,(H,13,15). The van der Waals surface area contributed by atoms with Crippen LogP contribution in [0.2, 0.25) is 0 Å². The van der Waals surface area contributed by atoms with Gasteiger partial charge in [0, 0.05) is 6.54 Å². The number of hydrogen-bond acceptors (Lipinski definition) is 3. The van der Waals surface area contributed by atoms with E-state index in [1.807, 2.05) is 30.3 Å². The van der Waals surface area contributed by atoms with E-state index >= 15 is 0 Å². The van der Waals surface area contributed by atoms with Gasteiger partial charge in [0.2, 0.25) is 12.2 Å². The molecule has 0 spiro atoms. The highest BCUT2D eigenvalue weighted by Crippen LogP contribution is 2.17. The molecule has 1 aromatic rings. The van der Waals surface area contributed by atoms with Crippen molar-refractivity contribution in [3.05, 3.63) is 47.4 Å². The van der Waals surface area contributed by atoms with Crippen molar-refractivity contribution in [2.24, 2.45) is 0 Å². The number of carbonyl (C=O) groups excluding carboxylic acids is 2. The second-order valence-electron chi connectivity index (χ2n) is 3.74. The molecular weight excluding hydrogens is 220 g/mol. The van der Waals surface area contributed by atoms with Crippen molar-refractivity contribution < 1.29 is 14.7 Å². The van der Waals surface area contributed by atoms with Gasteiger partial charge in [-0.25, -0.2) is 0 Å². The molecule has 0 bridgehead atoms. The second kappa shape index (κ2) is 4.69. The Bertz CT molecular complexity index is 468. The number of amides is 2. The largest absolute Gasteiger partial charge is 0.502 e. The van der Waals surface area contributed by atoms with Gasteiger partial charge in [-0.05, 0) is 5.56 Å². The highest BCUT2D eigenvalue weighted by molar-refractivity contribution is 5.94. The second-order valence-corrected chi connectivity index (χ2v) is 3.74. The molecule has 0 atom stereocenters. The zero-order chi connectivity index (χ0) is 12.3. The molecular formula is C12H12N2O3. The minimum Gasteiger partial charge on any atom is -0.502 e. The number of carbonyl (C=O) groups is 2. The highest BCUT2D eigenvalue weighted by Gasteiger charge is 2.29. The fourth-order valence-electron chi connectivity index (χ4n) is 1.73. The number of nitrogens with zero attached hydrogens (tertiary/aromatic N) is 1. The van der Waals surface area contributed by atoms with E-state index in [0.717, 1.165) is 5.56 Å². The predicted octanol–water partition coefficient (Wildman–Crippen LogP) is 0.544. The van der Waals surface area contributed by atoms with Crippen LogP contribution in [0.3, 0.4) is 0 Å². The Morgan fingerprint density at radius 3 is 2.71 bits per heavy atom. The molecule has 0 saturated carbocycles. The normalized spacial score (nSPS) is 15.3. The molecule has 0 fully saturated rings. The van der Waals surface area contributed by atoms with Crippen LogP contribution in [0.5, 0.6) is 0 Å². The first-order chi connectivity index (χ1) is 8.22. The molecule has 2 rings (SSSR count). The topological polar surface area (TPSA) is 69.6 Å². The molecule has 2 N–H and O–H groups in total. The van der Waals surface area contributed by atoms with Gasteiger partial charge in [-0.1, -0.05) is 30.3 Å². The van der Waals surface area contributed by atoms with E-state index < -0.39 is 5.91 Å². The summed E-state index contributed by atoms with van der Waals surface area (Å²) in [6.07, 6.45) is 0.449. The van der Waals surface area contributed by atoms with Crippen molar-refractivity contribution in [1.82, 2.24) is 10.2 Å². The quantitative estimate of drug-likeness (QED) is 0.744. The molecule has 1 aromatic carbocycles. The van der Waals surface area contributed by atoms with Crippen LogP contribution in [0, 0.1) is 0 Å². The van der Waals surface area contributed by atoms with E-state index in [2.05, 4.69) is 5.32 Å². The number of rotatable bonds is 4. The van der Waals surface area contributed by atoms with Gasteiger partial charge in [-0.15, -0.1) is 0 Å². The van der Waals surface area contributed by atoms with Crippen molar-refractivity contribution in [1.29, 1.82) is 0 Å². The van der Waals surface area contributed by atoms with Crippen molar-refractivity contribution >= 4 is 12.3 Å². The summed E-state index contributed by atoms with van der Waals surface area (Å²) in [7, 11) is 0. The lowest BCUT2D eigenvalue weighted by atomic mass is 10.2. The molecule has 88 valence electrons. The summed E-state index contributed by atoms with van der Waals surface area (Å²) in [5.74, 6) is -0.841. The average Bonchev–Trinajstić information content (AvgIpc) is 2.60. The van der Waals surface area contributed by atoms with Crippen LogP contribution in [0.15, 0.2) is 41.8 Å². The van der Waals surface area contributed by atoms with E-state index in [4.69, 9.17) is 0 Å². The van der Waals surface area contributed by atoms with Crippen molar-refractivity contribution in [2.75, 3.05) is 6.54 Å². The van der Waals surface area contributed by atoms with Crippen LogP contribution in [0.1, 0.15) is 5.56 Å². The summed E-state index contributed by atoms with van der Waals surface area (Å²) in [5, 5.41) is 11.8. The monoisotopic (exact) mass is 232 g/mol. The fraction of sp³-hybridized carbons (Fsp3) is 0.167. The summed E-state index contributed by atoms with van der Waals surface area (Å²) in [6, 6.07) is 9.46.